The van der Waals surface area contributed by atoms with Crippen LogP contribution >= 0.6 is 0 Å². The molecule has 1 aromatic carbocycles. The van der Waals surface area contributed by atoms with E-state index in [9.17, 15) is 13.2 Å². The molecule has 28 heavy (non-hydrogen) atoms. The summed E-state index contributed by atoms with van der Waals surface area (Å²) in [6.45, 7) is 3.65. The number of amides is 1. The average Bonchev–Trinajstić information content (AvgIpc) is 2.72. The molecule has 0 aliphatic carbocycles. The fourth-order valence-corrected chi connectivity index (χ4v) is 4.21. The number of nitrogens with one attached hydrogen (secondary N) is 1. The molecule has 1 N–H and O–H groups in total. The van der Waals surface area contributed by atoms with E-state index in [1.54, 1.807) is 29.4 Å². The van der Waals surface area contributed by atoms with Gasteiger partial charge in [0.1, 0.15) is 5.75 Å². The van der Waals surface area contributed by atoms with Crippen LogP contribution in [0.3, 0.4) is 0 Å². The maximum atomic E-state index is 13.0. The number of piperidine rings is 1. The molecule has 0 atom stereocenters. The van der Waals surface area contributed by atoms with Crippen molar-refractivity contribution in [1.29, 1.82) is 0 Å². The van der Waals surface area contributed by atoms with Gasteiger partial charge in [-0.2, -0.15) is 0 Å². The molecule has 150 valence electrons. The highest BCUT2D eigenvalue weighted by atomic mass is 32.2. The Morgan fingerprint density at radius 3 is 2.54 bits per heavy atom. The Kier molecular flexibility index (Phi) is 6.31. The van der Waals surface area contributed by atoms with Crippen LogP contribution in [-0.2, 0) is 16.6 Å². The number of nitrogens with zero attached hydrogens (tertiary/aromatic N) is 2. The minimum Gasteiger partial charge on any atom is -0.496 e. The molecule has 0 spiro atoms. The molecule has 0 unspecified atom stereocenters. The van der Waals surface area contributed by atoms with Crippen LogP contribution in [0.5, 0.6) is 5.75 Å². The van der Waals surface area contributed by atoms with Crippen LogP contribution in [0.4, 0.5) is 0 Å². The molecule has 0 saturated carbocycles. The van der Waals surface area contributed by atoms with Crippen LogP contribution in [0.2, 0.25) is 0 Å². The predicted octanol–water partition coefficient (Wildman–Crippen LogP) is 2.44. The zero-order chi connectivity index (χ0) is 20.1. The summed E-state index contributed by atoms with van der Waals surface area (Å²) < 4.78 is 33.3. The van der Waals surface area contributed by atoms with E-state index in [1.807, 2.05) is 0 Å². The van der Waals surface area contributed by atoms with E-state index in [2.05, 4.69) is 16.6 Å². The van der Waals surface area contributed by atoms with Crippen LogP contribution in [0.15, 0.2) is 47.6 Å². The van der Waals surface area contributed by atoms with Gasteiger partial charge in [0.15, 0.2) is 0 Å². The first kappa shape index (κ1) is 20.3. The number of rotatable bonds is 6. The molecule has 1 aliphatic heterocycles. The van der Waals surface area contributed by atoms with E-state index in [0.29, 0.717) is 24.8 Å². The lowest BCUT2D eigenvalue weighted by molar-refractivity contribution is 0.0693. The summed E-state index contributed by atoms with van der Waals surface area (Å²) in [7, 11) is -2.30. The number of carbonyl (C=O) groups excluding carboxylic acids is 1. The average molecular weight is 404 g/mol. The number of hydrogen-bond acceptors (Lipinski definition) is 5. The van der Waals surface area contributed by atoms with Crippen molar-refractivity contribution in [2.24, 2.45) is 5.92 Å². The third-order valence-electron chi connectivity index (χ3n) is 5.00. The Labute approximate surface area is 165 Å². The lowest BCUT2D eigenvalue weighted by Crippen LogP contribution is -2.38. The lowest BCUT2D eigenvalue weighted by atomic mass is 9.98. The predicted molar refractivity (Wildman–Crippen MR) is 106 cm³/mol. The number of benzene rings is 1. The number of carbonyl (C=O) groups is 1. The molecule has 8 heteroatoms. The van der Waals surface area contributed by atoms with Crippen molar-refractivity contribution in [3.8, 4) is 5.75 Å². The van der Waals surface area contributed by atoms with Crippen molar-refractivity contribution < 1.29 is 17.9 Å². The normalized spacial score (nSPS) is 15.4. The highest BCUT2D eigenvalue weighted by molar-refractivity contribution is 7.89. The number of pyridine rings is 1. The van der Waals surface area contributed by atoms with Gasteiger partial charge in [-0.1, -0.05) is 6.92 Å². The van der Waals surface area contributed by atoms with E-state index in [0.717, 1.165) is 18.4 Å². The minimum absolute atomic E-state index is 0.0380. The van der Waals surface area contributed by atoms with E-state index in [4.69, 9.17) is 4.74 Å². The van der Waals surface area contributed by atoms with E-state index < -0.39 is 10.0 Å². The lowest BCUT2D eigenvalue weighted by Gasteiger charge is -2.30. The van der Waals surface area contributed by atoms with Gasteiger partial charge in [-0.25, -0.2) is 13.1 Å². The summed E-state index contributed by atoms with van der Waals surface area (Å²) in [5, 5.41) is 0. The number of likely N-dealkylation sites (tertiary alicyclic amines) is 1. The Balaban J connectivity index is 1.82. The molecule has 0 radical (unpaired) electrons. The first-order valence-electron chi connectivity index (χ1n) is 9.26. The van der Waals surface area contributed by atoms with Gasteiger partial charge in [0.2, 0.25) is 10.0 Å². The standard InChI is InChI=1S/C20H25N3O4S/c1-15-7-11-23(12-8-15)20(24)18-13-17(3-4-19(18)27-2)28(25,26)22-14-16-5-9-21-10-6-16/h3-6,9-10,13,15,22H,7-8,11-12,14H2,1-2H3. The molecule has 1 aliphatic rings. The van der Waals surface area contributed by atoms with Gasteiger partial charge in [-0.15, -0.1) is 0 Å². The number of aromatic nitrogens is 1. The Morgan fingerprint density at radius 2 is 1.89 bits per heavy atom. The van der Waals surface area contributed by atoms with Crippen LogP contribution < -0.4 is 9.46 Å². The van der Waals surface area contributed by atoms with Crippen LogP contribution in [0.25, 0.3) is 0 Å². The fraction of sp³-hybridized carbons (Fsp3) is 0.400. The van der Waals surface area contributed by atoms with Gasteiger partial charge < -0.3 is 9.64 Å². The van der Waals surface area contributed by atoms with Crippen molar-refractivity contribution in [2.75, 3.05) is 20.2 Å². The molecule has 1 saturated heterocycles. The number of methoxy groups -OCH3 is 1. The highest BCUT2D eigenvalue weighted by Gasteiger charge is 2.26. The van der Waals surface area contributed by atoms with Gasteiger partial charge >= 0.3 is 0 Å². The van der Waals surface area contributed by atoms with Crippen molar-refractivity contribution in [1.82, 2.24) is 14.6 Å². The maximum Gasteiger partial charge on any atom is 0.257 e. The van der Waals surface area contributed by atoms with Crippen molar-refractivity contribution in [3.63, 3.8) is 0 Å². The molecule has 2 aromatic rings. The van der Waals surface area contributed by atoms with E-state index >= 15 is 0 Å². The summed E-state index contributed by atoms with van der Waals surface area (Å²) >= 11 is 0. The zero-order valence-electron chi connectivity index (χ0n) is 16.1. The molecule has 3 rings (SSSR count). The molecular formula is C20H25N3O4S. The van der Waals surface area contributed by atoms with Crippen LogP contribution in [0.1, 0.15) is 35.7 Å². The van der Waals surface area contributed by atoms with Gasteiger partial charge in [0, 0.05) is 32.0 Å². The summed E-state index contributed by atoms with van der Waals surface area (Å²) in [5.74, 6) is 0.765. The molecule has 1 amide bonds. The summed E-state index contributed by atoms with van der Waals surface area (Å²) in [5.41, 5.74) is 1.06. The summed E-state index contributed by atoms with van der Waals surface area (Å²) in [6, 6.07) is 7.85. The summed E-state index contributed by atoms with van der Waals surface area (Å²) in [6.07, 6.45) is 5.10. The number of hydrogen-bond donors (Lipinski definition) is 1. The Morgan fingerprint density at radius 1 is 1.21 bits per heavy atom. The number of ether oxygens (including phenoxy) is 1. The van der Waals surface area contributed by atoms with Crippen LogP contribution in [0, 0.1) is 5.92 Å². The van der Waals surface area contributed by atoms with Crippen molar-refractivity contribution in [3.05, 3.63) is 53.9 Å². The minimum atomic E-state index is -3.78. The number of sulfonamides is 1. The third kappa shape index (κ3) is 4.69. The van der Waals surface area contributed by atoms with E-state index in [-0.39, 0.29) is 22.9 Å². The zero-order valence-corrected chi connectivity index (χ0v) is 16.9. The van der Waals surface area contributed by atoms with Crippen molar-refractivity contribution in [2.45, 2.75) is 31.2 Å². The Hall–Kier alpha value is -2.45. The van der Waals surface area contributed by atoms with Gasteiger partial charge in [-0.3, -0.25) is 9.78 Å². The molecule has 1 fully saturated rings. The van der Waals surface area contributed by atoms with Gasteiger partial charge in [-0.05, 0) is 54.7 Å². The topological polar surface area (TPSA) is 88.6 Å². The highest BCUT2D eigenvalue weighted by Crippen LogP contribution is 2.26. The molecule has 1 aromatic heterocycles. The monoisotopic (exact) mass is 403 g/mol. The second-order valence-corrected chi connectivity index (χ2v) is 8.78. The smallest absolute Gasteiger partial charge is 0.257 e. The fourth-order valence-electron chi connectivity index (χ4n) is 3.17. The molecule has 7 nitrogen and oxygen atoms in total. The summed E-state index contributed by atoms with van der Waals surface area (Å²) in [4.78, 5) is 18.7. The quantitative estimate of drug-likeness (QED) is 0.800. The molecular weight excluding hydrogens is 378 g/mol. The SMILES string of the molecule is COc1ccc(S(=O)(=O)NCc2ccncc2)cc1C(=O)N1CCC(C)CC1. The van der Waals surface area contributed by atoms with Gasteiger partial charge in [0.25, 0.3) is 5.91 Å². The largest absolute Gasteiger partial charge is 0.496 e. The Bertz CT molecular complexity index is 924. The maximum absolute atomic E-state index is 13.0. The van der Waals surface area contributed by atoms with Gasteiger partial charge in [0.05, 0.1) is 17.6 Å². The molecule has 0 bridgehead atoms. The first-order chi connectivity index (χ1) is 13.4. The first-order valence-corrected chi connectivity index (χ1v) is 10.7. The van der Waals surface area contributed by atoms with E-state index in [1.165, 1.54) is 25.3 Å². The third-order valence-corrected chi connectivity index (χ3v) is 6.40. The second-order valence-electron chi connectivity index (χ2n) is 7.02. The molecule has 2 heterocycles. The van der Waals surface area contributed by atoms with Crippen molar-refractivity contribution >= 4 is 15.9 Å². The van der Waals surface area contributed by atoms with Crippen LogP contribution in [-0.4, -0.2) is 44.4 Å². The second kappa shape index (κ2) is 8.70.